The van der Waals surface area contributed by atoms with E-state index in [2.05, 4.69) is 124 Å². The molecule has 0 aliphatic carbocycles. The molecule has 0 fully saturated rings. The summed E-state index contributed by atoms with van der Waals surface area (Å²) in [6, 6.07) is 31.6. The molecule has 36 heavy (non-hydrogen) atoms. The number of benzene rings is 5. The number of nitrogens with zero attached hydrogens (tertiary/aromatic N) is 1. The lowest BCUT2D eigenvalue weighted by molar-refractivity contribution is 1.33. The summed E-state index contributed by atoms with van der Waals surface area (Å²) in [5.41, 5.74) is 15.9. The molecule has 0 amide bonds. The minimum Gasteiger partial charge on any atom is -0.308 e. The summed E-state index contributed by atoms with van der Waals surface area (Å²) in [5, 5.41) is 5.41. The van der Waals surface area contributed by atoms with Gasteiger partial charge in [0, 0.05) is 21.5 Å². The quantitative estimate of drug-likeness (QED) is 0.240. The van der Waals surface area contributed by atoms with E-state index in [1.165, 1.54) is 88.2 Å². The van der Waals surface area contributed by atoms with Crippen molar-refractivity contribution in [3.05, 3.63) is 113 Å². The first-order valence-electron chi connectivity index (χ1n) is 12.8. The summed E-state index contributed by atoms with van der Waals surface area (Å²) in [5.74, 6) is 0. The fourth-order valence-corrected chi connectivity index (χ4v) is 6.53. The van der Waals surface area contributed by atoms with Gasteiger partial charge in [-0.25, -0.2) is 0 Å². The first-order valence-corrected chi connectivity index (χ1v) is 12.8. The van der Waals surface area contributed by atoms with Crippen LogP contribution in [0.1, 0.15) is 27.8 Å². The first kappa shape index (κ1) is 21.2. The van der Waals surface area contributed by atoms with Crippen molar-refractivity contribution in [2.75, 3.05) is 0 Å². The van der Waals surface area contributed by atoms with Crippen LogP contribution in [0.25, 0.3) is 60.3 Å². The molecule has 0 spiro atoms. The molecule has 1 heteroatoms. The van der Waals surface area contributed by atoms with Gasteiger partial charge in [-0.05, 0) is 103 Å². The molecule has 2 aromatic heterocycles. The van der Waals surface area contributed by atoms with E-state index in [1.807, 2.05) is 0 Å². The summed E-state index contributed by atoms with van der Waals surface area (Å²) in [6.07, 6.45) is 0. The molecule has 0 N–H and O–H groups in total. The number of rotatable bonds is 2. The molecule has 0 aliphatic rings. The summed E-state index contributed by atoms with van der Waals surface area (Å²) >= 11 is 0. The third-order valence-electron chi connectivity index (χ3n) is 8.28. The molecule has 0 bridgehead atoms. The number of aryl methyl sites for hydroxylation is 4. The molecule has 0 saturated carbocycles. The lowest BCUT2D eigenvalue weighted by atomic mass is 9.86. The highest BCUT2D eigenvalue weighted by molar-refractivity contribution is 6.24. The molecule has 0 unspecified atom stereocenters. The molecular formula is C35H29N. The van der Waals surface area contributed by atoms with E-state index >= 15 is 0 Å². The van der Waals surface area contributed by atoms with Crippen molar-refractivity contribution in [1.82, 2.24) is 4.40 Å². The molecule has 7 rings (SSSR count). The maximum Gasteiger partial charge on any atom is 0.0623 e. The maximum atomic E-state index is 2.50. The second kappa shape index (κ2) is 7.45. The van der Waals surface area contributed by atoms with Crippen LogP contribution < -0.4 is 0 Å². The van der Waals surface area contributed by atoms with Gasteiger partial charge in [-0.2, -0.15) is 0 Å². The van der Waals surface area contributed by atoms with E-state index in [0.29, 0.717) is 0 Å². The Morgan fingerprint density at radius 3 is 2.06 bits per heavy atom. The average Bonchev–Trinajstić information content (AvgIpc) is 3.37. The van der Waals surface area contributed by atoms with Gasteiger partial charge in [0.1, 0.15) is 0 Å². The topological polar surface area (TPSA) is 4.41 Å². The normalized spacial score (nSPS) is 12.0. The minimum absolute atomic E-state index is 1.29. The van der Waals surface area contributed by atoms with Gasteiger partial charge >= 0.3 is 0 Å². The third-order valence-corrected chi connectivity index (χ3v) is 8.28. The summed E-state index contributed by atoms with van der Waals surface area (Å²) in [6.45, 7) is 11.2. The molecule has 174 valence electrons. The van der Waals surface area contributed by atoms with Crippen LogP contribution in [0.3, 0.4) is 0 Å². The van der Waals surface area contributed by atoms with Gasteiger partial charge in [-0.3, -0.25) is 0 Å². The van der Waals surface area contributed by atoms with Crippen molar-refractivity contribution in [1.29, 1.82) is 0 Å². The Hall–Kier alpha value is -4.10. The zero-order valence-electron chi connectivity index (χ0n) is 21.5. The van der Waals surface area contributed by atoms with Gasteiger partial charge in [-0.15, -0.1) is 0 Å². The molecule has 2 heterocycles. The summed E-state index contributed by atoms with van der Waals surface area (Å²) in [7, 11) is 0. The molecule has 0 saturated heterocycles. The molecule has 1 nitrogen and oxygen atoms in total. The van der Waals surface area contributed by atoms with Crippen LogP contribution in [-0.2, 0) is 0 Å². The van der Waals surface area contributed by atoms with Crippen LogP contribution in [0.2, 0.25) is 0 Å². The first-order chi connectivity index (χ1) is 17.5. The standard InChI is InChI=1S/C35H29N/c1-20-10-6-7-11-25(20)33-21(2)14-16-26(24(33)5)29-19-32-30(18-23(29)4)27-17-15-22(3)34-28-12-8-9-13-31(28)36(32)35(27)34/h6-19H,1-5H3. The monoisotopic (exact) mass is 463 g/mol. The Morgan fingerprint density at radius 1 is 0.472 bits per heavy atom. The van der Waals surface area contributed by atoms with Gasteiger partial charge in [0.25, 0.3) is 0 Å². The van der Waals surface area contributed by atoms with Crippen molar-refractivity contribution in [2.24, 2.45) is 0 Å². The number of fused-ring (bicyclic) bond motifs is 6. The van der Waals surface area contributed by atoms with Crippen LogP contribution >= 0.6 is 0 Å². The number of hydrogen-bond donors (Lipinski definition) is 0. The van der Waals surface area contributed by atoms with Crippen LogP contribution in [0.5, 0.6) is 0 Å². The van der Waals surface area contributed by atoms with E-state index < -0.39 is 0 Å². The smallest absolute Gasteiger partial charge is 0.0623 e. The highest BCUT2D eigenvalue weighted by atomic mass is 14.9. The highest BCUT2D eigenvalue weighted by Gasteiger charge is 2.21. The van der Waals surface area contributed by atoms with Crippen molar-refractivity contribution in [2.45, 2.75) is 34.6 Å². The van der Waals surface area contributed by atoms with Crippen molar-refractivity contribution in [3.63, 3.8) is 0 Å². The van der Waals surface area contributed by atoms with E-state index in [4.69, 9.17) is 0 Å². The summed E-state index contributed by atoms with van der Waals surface area (Å²) < 4.78 is 2.50. The van der Waals surface area contributed by atoms with Gasteiger partial charge < -0.3 is 4.40 Å². The van der Waals surface area contributed by atoms with E-state index in [-0.39, 0.29) is 0 Å². The fraction of sp³-hybridized carbons (Fsp3) is 0.143. The Bertz CT molecular complexity index is 1980. The second-order valence-electron chi connectivity index (χ2n) is 10.4. The highest BCUT2D eigenvalue weighted by Crippen LogP contribution is 2.43. The number of para-hydroxylation sites is 1. The van der Waals surface area contributed by atoms with Crippen LogP contribution in [0.4, 0.5) is 0 Å². The van der Waals surface area contributed by atoms with Gasteiger partial charge in [0.05, 0.1) is 16.6 Å². The Labute approximate surface area is 212 Å². The lowest BCUT2D eigenvalue weighted by Gasteiger charge is -2.18. The number of aromatic nitrogens is 1. The zero-order chi connectivity index (χ0) is 24.7. The van der Waals surface area contributed by atoms with Crippen LogP contribution in [-0.4, -0.2) is 4.40 Å². The number of hydrogen-bond acceptors (Lipinski definition) is 0. The molecule has 0 atom stereocenters. The predicted molar refractivity (Wildman–Crippen MR) is 156 cm³/mol. The van der Waals surface area contributed by atoms with Gasteiger partial charge in [0.2, 0.25) is 0 Å². The van der Waals surface area contributed by atoms with E-state index in [1.54, 1.807) is 0 Å². The average molecular weight is 464 g/mol. The Morgan fingerprint density at radius 2 is 1.22 bits per heavy atom. The third kappa shape index (κ3) is 2.72. The fourth-order valence-electron chi connectivity index (χ4n) is 6.53. The molecule has 7 aromatic rings. The van der Waals surface area contributed by atoms with E-state index in [9.17, 15) is 0 Å². The van der Waals surface area contributed by atoms with Crippen LogP contribution in [0, 0.1) is 34.6 Å². The minimum atomic E-state index is 1.29. The molecule has 0 aliphatic heterocycles. The lowest BCUT2D eigenvalue weighted by Crippen LogP contribution is -1.95. The Kier molecular flexibility index (Phi) is 4.39. The maximum absolute atomic E-state index is 2.50. The second-order valence-corrected chi connectivity index (χ2v) is 10.4. The SMILES string of the molecule is Cc1cc2c3ccc(C)c4c5ccccc5n(c2cc1-c1ccc(C)c(-c2ccccc2C)c1C)c34. The Balaban J connectivity index is 1.59. The summed E-state index contributed by atoms with van der Waals surface area (Å²) in [4.78, 5) is 0. The van der Waals surface area contributed by atoms with Crippen molar-refractivity contribution in [3.8, 4) is 22.3 Å². The predicted octanol–water partition coefficient (Wildman–Crippen LogP) is 9.71. The largest absolute Gasteiger partial charge is 0.308 e. The zero-order valence-corrected chi connectivity index (χ0v) is 21.5. The van der Waals surface area contributed by atoms with E-state index in [0.717, 1.165) is 0 Å². The van der Waals surface area contributed by atoms with Gasteiger partial charge in [-0.1, -0.05) is 66.7 Å². The molecule has 5 aromatic carbocycles. The van der Waals surface area contributed by atoms with Crippen LogP contribution in [0.15, 0.2) is 84.9 Å². The van der Waals surface area contributed by atoms with Gasteiger partial charge in [0.15, 0.2) is 0 Å². The van der Waals surface area contributed by atoms with Crippen molar-refractivity contribution >= 4 is 38.1 Å². The molecular weight excluding hydrogens is 434 g/mol. The molecule has 0 radical (unpaired) electrons. The van der Waals surface area contributed by atoms with Crippen molar-refractivity contribution < 1.29 is 0 Å².